The molecular formula is C24H39ClN6O. The van der Waals surface area contributed by atoms with E-state index < -0.39 is 0 Å². The van der Waals surface area contributed by atoms with Gasteiger partial charge in [0.1, 0.15) is 5.15 Å². The first-order valence-corrected chi connectivity index (χ1v) is 11.2. The molecule has 2 aromatic heterocycles. The zero-order valence-corrected chi connectivity index (χ0v) is 20.9. The van der Waals surface area contributed by atoms with E-state index in [2.05, 4.69) is 38.9 Å². The maximum absolute atomic E-state index is 12.5. The van der Waals surface area contributed by atoms with E-state index in [1.165, 1.54) is 10.8 Å². The van der Waals surface area contributed by atoms with Crippen molar-refractivity contribution in [2.75, 3.05) is 32.0 Å². The highest BCUT2D eigenvalue weighted by atomic mass is 35.5. The average molecular weight is 463 g/mol. The van der Waals surface area contributed by atoms with Gasteiger partial charge in [0.2, 0.25) is 0 Å². The van der Waals surface area contributed by atoms with Gasteiger partial charge in [-0.15, -0.1) is 0 Å². The second-order valence-electron chi connectivity index (χ2n) is 5.57. The molecule has 2 heterocycles. The SMILES string of the molecule is C=C/C=C/CNCCn1c(Cl)cnc(NCCc2ccccn2)c1=O.C=NC.CC.CC. The summed E-state index contributed by atoms with van der Waals surface area (Å²) in [5.41, 5.74) is 0.734. The van der Waals surface area contributed by atoms with E-state index in [4.69, 9.17) is 11.6 Å². The Bertz CT molecular complexity index is 806. The number of rotatable bonds is 10. The average Bonchev–Trinajstić information content (AvgIpc) is 2.83. The largest absolute Gasteiger partial charge is 0.365 e. The van der Waals surface area contributed by atoms with E-state index in [0.717, 1.165) is 5.69 Å². The van der Waals surface area contributed by atoms with Gasteiger partial charge in [-0.1, -0.05) is 70.2 Å². The third-order valence-electron chi connectivity index (χ3n) is 3.45. The zero-order chi connectivity index (χ0) is 24.6. The summed E-state index contributed by atoms with van der Waals surface area (Å²) in [6, 6.07) is 5.76. The second-order valence-corrected chi connectivity index (χ2v) is 5.96. The third-order valence-corrected chi connectivity index (χ3v) is 3.75. The van der Waals surface area contributed by atoms with Crippen molar-refractivity contribution >= 4 is 24.1 Å². The van der Waals surface area contributed by atoms with Crippen LogP contribution in [0.2, 0.25) is 5.15 Å². The second kappa shape index (κ2) is 22.9. The van der Waals surface area contributed by atoms with Crippen LogP contribution in [0.15, 0.2) is 65.2 Å². The van der Waals surface area contributed by atoms with Crippen LogP contribution in [0.5, 0.6) is 0 Å². The summed E-state index contributed by atoms with van der Waals surface area (Å²) in [7, 11) is 1.64. The maximum atomic E-state index is 12.5. The van der Waals surface area contributed by atoms with Gasteiger partial charge in [0.25, 0.3) is 5.56 Å². The number of aromatic nitrogens is 3. The monoisotopic (exact) mass is 462 g/mol. The molecule has 0 amide bonds. The molecule has 7 nitrogen and oxygen atoms in total. The van der Waals surface area contributed by atoms with E-state index in [0.29, 0.717) is 43.6 Å². The Kier molecular flexibility index (Phi) is 22.5. The molecule has 2 N–H and O–H groups in total. The molecule has 0 radical (unpaired) electrons. The zero-order valence-electron chi connectivity index (χ0n) is 20.1. The maximum Gasteiger partial charge on any atom is 0.294 e. The predicted octanol–water partition coefficient (Wildman–Crippen LogP) is 4.65. The summed E-state index contributed by atoms with van der Waals surface area (Å²) < 4.78 is 1.50. The Morgan fingerprint density at radius 3 is 2.47 bits per heavy atom. The van der Waals surface area contributed by atoms with Crippen LogP contribution in [0.4, 0.5) is 5.82 Å². The van der Waals surface area contributed by atoms with Gasteiger partial charge in [0.05, 0.1) is 6.20 Å². The van der Waals surface area contributed by atoms with Crippen molar-refractivity contribution in [3.63, 3.8) is 0 Å². The van der Waals surface area contributed by atoms with Crippen LogP contribution in [0.1, 0.15) is 33.4 Å². The normalized spacial score (nSPS) is 9.31. The van der Waals surface area contributed by atoms with Crippen molar-refractivity contribution < 1.29 is 0 Å². The number of allylic oxidation sites excluding steroid dienone is 2. The summed E-state index contributed by atoms with van der Waals surface area (Å²) in [5.74, 6) is 0.298. The summed E-state index contributed by atoms with van der Waals surface area (Å²) in [4.78, 5) is 24.1. The minimum atomic E-state index is -0.225. The molecule has 2 rings (SSSR count). The number of nitrogens with one attached hydrogen (secondary N) is 2. The van der Waals surface area contributed by atoms with E-state index in [9.17, 15) is 4.79 Å². The Balaban J connectivity index is 0. The van der Waals surface area contributed by atoms with Crippen LogP contribution in [0.25, 0.3) is 0 Å². The highest BCUT2D eigenvalue weighted by Gasteiger charge is 2.08. The van der Waals surface area contributed by atoms with Crippen LogP contribution in [-0.2, 0) is 13.0 Å². The lowest BCUT2D eigenvalue weighted by Crippen LogP contribution is -2.30. The third kappa shape index (κ3) is 14.3. The molecule has 0 saturated carbocycles. The van der Waals surface area contributed by atoms with E-state index >= 15 is 0 Å². The molecular weight excluding hydrogens is 424 g/mol. The first-order chi connectivity index (χ1) is 15.6. The van der Waals surface area contributed by atoms with Crippen molar-refractivity contribution in [3.8, 4) is 0 Å². The molecule has 0 aliphatic heterocycles. The van der Waals surface area contributed by atoms with Crippen LogP contribution >= 0.6 is 11.6 Å². The van der Waals surface area contributed by atoms with E-state index in [-0.39, 0.29) is 5.56 Å². The first kappa shape index (κ1) is 31.4. The molecule has 0 bridgehead atoms. The number of nitrogens with zero attached hydrogens (tertiary/aromatic N) is 4. The van der Waals surface area contributed by atoms with Gasteiger partial charge >= 0.3 is 0 Å². The number of pyridine rings is 1. The molecule has 32 heavy (non-hydrogen) atoms. The van der Waals surface area contributed by atoms with Gasteiger partial charge in [-0.25, -0.2) is 4.98 Å². The summed E-state index contributed by atoms with van der Waals surface area (Å²) in [5, 5.41) is 6.59. The molecule has 8 heteroatoms. The number of hydrogen-bond donors (Lipinski definition) is 2. The van der Waals surface area contributed by atoms with Crippen molar-refractivity contribution in [1.82, 2.24) is 19.9 Å². The number of halogens is 1. The van der Waals surface area contributed by atoms with Gasteiger partial charge in [0, 0.05) is 51.5 Å². The fraction of sp³-hybridized carbons (Fsp3) is 0.417. The van der Waals surface area contributed by atoms with Gasteiger partial charge < -0.3 is 15.6 Å². The molecule has 178 valence electrons. The Morgan fingerprint density at radius 2 is 1.88 bits per heavy atom. The minimum Gasteiger partial charge on any atom is -0.365 e. The molecule has 0 unspecified atom stereocenters. The Labute approximate surface area is 198 Å². The van der Waals surface area contributed by atoms with Crippen molar-refractivity contribution in [3.05, 3.63) is 76.6 Å². The van der Waals surface area contributed by atoms with Crippen LogP contribution < -0.4 is 16.2 Å². The number of anilines is 1. The summed E-state index contributed by atoms with van der Waals surface area (Å²) >= 11 is 6.10. The van der Waals surface area contributed by atoms with Gasteiger partial charge in [-0.3, -0.25) is 14.3 Å². The Hall–Kier alpha value is -2.77. The first-order valence-electron chi connectivity index (χ1n) is 10.9. The molecule has 0 spiro atoms. The standard InChI is InChI=1S/C18H22ClN5O.C2H5N.2C2H6/c1-2-3-5-9-20-12-13-24-16(19)14-23-17(18(24)25)22-11-8-15-7-4-6-10-21-15;1-3-2;2*1-2/h2-7,10,14,20H,1,8-9,11-13H2,(H,22,23);1H2,2H3;2*1-2H3/b5-3+;;;. The van der Waals surface area contributed by atoms with Crippen LogP contribution in [0.3, 0.4) is 0 Å². The fourth-order valence-corrected chi connectivity index (χ4v) is 2.40. The smallest absolute Gasteiger partial charge is 0.294 e. The molecule has 0 saturated heterocycles. The number of hydrogen-bond acceptors (Lipinski definition) is 6. The lowest BCUT2D eigenvalue weighted by Gasteiger charge is -2.11. The van der Waals surface area contributed by atoms with E-state index in [1.807, 2.05) is 58.0 Å². The van der Waals surface area contributed by atoms with Gasteiger partial charge in [-0.05, 0) is 18.9 Å². The molecule has 0 aliphatic carbocycles. The summed E-state index contributed by atoms with van der Waals surface area (Å²) in [6.45, 7) is 17.1. The van der Waals surface area contributed by atoms with Crippen LogP contribution in [-0.4, -0.2) is 47.9 Å². The topological polar surface area (TPSA) is 84.2 Å². The van der Waals surface area contributed by atoms with Gasteiger partial charge in [-0.2, -0.15) is 0 Å². The fourth-order valence-electron chi connectivity index (χ4n) is 2.19. The molecule has 0 atom stereocenters. The lowest BCUT2D eigenvalue weighted by atomic mass is 10.3. The lowest BCUT2D eigenvalue weighted by molar-refractivity contribution is 0.607. The van der Waals surface area contributed by atoms with Crippen molar-refractivity contribution in [2.24, 2.45) is 4.99 Å². The quantitative estimate of drug-likeness (QED) is 0.305. The summed E-state index contributed by atoms with van der Waals surface area (Å²) in [6.07, 6.45) is 9.48. The van der Waals surface area contributed by atoms with Gasteiger partial charge in [0.15, 0.2) is 5.82 Å². The molecule has 0 aliphatic rings. The van der Waals surface area contributed by atoms with Crippen LogP contribution in [0, 0.1) is 0 Å². The minimum absolute atomic E-state index is 0.225. The predicted molar refractivity (Wildman–Crippen MR) is 140 cm³/mol. The Morgan fingerprint density at radius 1 is 1.19 bits per heavy atom. The number of aliphatic imine (C=N–C) groups is 1. The highest BCUT2D eigenvalue weighted by molar-refractivity contribution is 6.29. The van der Waals surface area contributed by atoms with Crippen molar-refractivity contribution in [1.29, 1.82) is 0 Å². The van der Waals surface area contributed by atoms with Crippen molar-refractivity contribution in [2.45, 2.75) is 40.7 Å². The molecule has 0 aromatic carbocycles. The van der Waals surface area contributed by atoms with E-state index in [1.54, 1.807) is 19.3 Å². The molecule has 2 aromatic rings. The highest BCUT2D eigenvalue weighted by Crippen LogP contribution is 2.06. The molecule has 0 fully saturated rings.